The Labute approximate surface area is 252 Å². The molecular weight excluding hydrogens is 571 g/mol. The van der Waals surface area contributed by atoms with Crippen LogP contribution in [0.4, 0.5) is 10.2 Å². The van der Waals surface area contributed by atoms with E-state index in [9.17, 15) is 13.2 Å². The number of rotatable bonds is 12. The molecule has 0 atom stereocenters. The number of nitrogens with zero attached hydrogens (tertiary/aromatic N) is 3. The zero-order chi connectivity index (χ0) is 30.8. The predicted octanol–water partition coefficient (Wildman–Crippen LogP) is 6.68. The van der Waals surface area contributed by atoms with Gasteiger partial charge in [0.2, 0.25) is 0 Å². The largest absolute Gasteiger partial charge is 0.377 e. The average Bonchev–Trinajstić information content (AvgIpc) is 3.66. The Kier molecular flexibility index (Phi) is 9.03. The van der Waals surface area contributed by atoms with E-state index in [2.05, 4.69) is 16.8 Å². The van der Waals surface area contributed by atoms with Gasteiger partial charge in [0.1, 0.15) is 23.0 Å². The molecule has 5 rings (SSSR count). The van der Waals surface area contributed by atoms with Crippen molar-refractivity contribution in [2.24, 2.45) is 4.99 Å². The molecule has 230 valence electrons. The van der Waals surface area contributed by atoms with Crippen LogP contribution < -0.4 is 4.72 Å². The highest BCUT2D eigenvalue weighted by Crippen LogP contribution is 2.41. The molecule has 1 aliphatic heterocycles. The van der Waals surface area contributed by atoms with Crippen molar-refractivity contribution in [2.45, 2.75) is 96.2 Å². The van der Waals surface area contributed by atoms with Crippen LogP contribution in [0.2, 0.25) is 0 Å². The van der Waals surface area contributed by atoms with E-state index in [4.69, 9.17) is 14.3 Å². The highest BCUT2D eigenvalue weighted by Gasteiger charge is 2.49. The van der Waals surface area contributed by atoms with Gasteiger partial charge in [-0.1, -0.05) is 55.6 Å². The summed E-state index contributed by atoms with van der Waals surface area (Å²) in [5, 5.41) is 3.81. The number of benzene rings is 2. The number of carbonyl (C=O) groups is 1. The van der Waals surface area contributed by atoms with E-state index < -0.39 is 21.4 Å². The van der Waals surface area contributed by atoms with Crippen molar-refractivity contribution in [1.82, 2.24) is 10.1 Å². The number of ether oxygens (including phenoxy) is 1. The first-order chi connectivity index (χ1) is 20.6. The number of sulfonamides is 1. The maximum Gasteiger partial charge on any atom is 0.263 e. The number of halogens is 1. The Balaban J connectivity index is 1.52. The summed E-state index contributed by atoms with van der Waals surface area (Å²) in [6.45, 7) is 8.22. The van der Waals surface area contributed by atoms with E-state index in [0.29, 0.717) is 35.6 Å². The number of nitrogens with one attached hydrogen (secondary N) is 1. The summed E-state index contributed by atoms with van der Waals surface area (Å²) in [5.41, 5.74) is 1.68. The van der Waals surface area contributed by atoms with Gasteiger partial charge < -0.3 is 9.26 Å². The lowest BCUT2D eigenvalue weighted by Gasteiger charge is -2.23. The quantitative estimate of drug-likeness (QED) is 0.245. The lowest BCUT2D eigenvalue weighted by atomic mass is 9.96. The molecule has 0 saturated heterocycles. The van der Waals surface area contributed by atoms with Crippen molar-refractivity contribution in [3.05, 3.63) is 64.7 Å². The molecule has 43 heavy (non-hydrogen) atoms. The molecule has 0 bridgehead atoms. The van der Waals surface area contributed by atoms with Gasteiger partial charge in [-0.15, -0.1) is 0 Å². The first-order valence-electron chi connectivity index (χ1n) is 14.9. The first-order valence-corrected chi connectivity index (χ1v) is 16.4. The summed E-state index contributed by atoms with van der Waals surface area (Å²) >= 11 is 0. The standard InChI is InChI=1S/C32H39FN4O5S/c1-5-7-13-28-34-32(16-8-9-17-32)31(38)37(28)19-23-14-15-25(24(18-23)20-41-6-2)29-26(33)11-10-12-27(29)43(39,40)36-30-21(3)22(4)42-35-30/h10-12,14-15,18H,5-9,13,16-17,19-20H2,1-4H3,(H,35,36). The highest BCUT2D eigenvalue weighted by atomic mass is 32.2. The Morgan fingerprint density at radius 1 is 1.14 bits per heavy atom. The Hall–Kier alpha value is -3.57. The van der Waals surface area contributed by atoms with Gasteiger partial charge in [0.15, 0.2) is 5.82 Å². The van der Waals surface area contributed by atoms with Crippen molar-refractivity contribution in [2.75, 3.05) is 11.3 Å². The minimum Gasteiger partial charge on any atom is -0.377 e. The number of unbranched alkanes of at least 4 members (excludes halogenated alkanes) is 1. The van der Waals surface area contributed by atoms with Crippen LogP contribution >= 0.6 is 0 Å². The van der Waals surface area contributed by atoms with Gasteiger partial charge in [-0.25, -0.2) is 12.8 Å². The van der Waals surface area contributed by atoms with Crippen molar-refractivity contribution >= 4 is 27.6 Å². The smallest absolute Gasteiger partial charge is 0.263 e. The van der Waals surface area contributed by atoms with E-state index in [1.165, 1.54) is 18.2 Å². The predicted molar refractivity (Wildman–Crippen MR) is 163 cm³/mol. The summed E-state index contributed by atoms with van der Waals surface area (Å²) < 4.78 is 56.0. The second-order valence-corrected chi connectivity index (χ2v) is 13.0. The monoisotopic (exact) mass is 610 g/mol. The molecule has 3 aromatic rings. The van der Waals surface area contributed by atoms with Crippen LogP contribution in [0.5, 0.6) is 0 Å². The number of hydrogen-bond donors (Lipinski definition) is 1. The molecule has 0 radical (unpaired) electrons. The molecule has 11 heteroatoms. The lowest BCUT2D eigenvalue weighted by molar-refractivity contribution is -0.131. The number of amidine groups is 1. The minimum absolute atomic E-state index is 0.0495. The Morgan fingerprint density at radius 3 is 2.58 bits per heavy atom. The second kappa shape index (κ2) is 12.6. The molecule has 9 nitrogen and oxygen atoms in total. The number of aryl methyl sites for hydroxylation is 1. The topological polar surface area (TPSA) is 114 Å². The zero-order valence-electron chi connectivity index (χ0n) is 25.2. The summed E-state index contributed by atoms with van der Waals surface area (Å²) in [6.07, 6.45) is 6.23. The summed E-state index contributed by atoms with van der Waals surface area (Å²) in [4.78, 5) is 20.2. The average molecular weight is 611 g/mol. The molecule has 2 heterocycles. The normalized spacial score (nSPS) is 16.3. The van der Waals surface area contributed by atoms with Gasteiger partial charge >= 0.3 is 0 Å². The van der Waals surface area contributed by atoms with E-state index in [0.717, 1.165) is 56.3 Å². The SMILES string of the molecule is CCCCC1=NC2(CCCC2)C(=O)N1Cc1ccc(-c2c(F)cccc2S(=O)(=O)Nc2noc(C)c2C)c(COCC)c1. The first kappa shape index (κ1) is 30.9. The van der Waals surface area contributed by atoms with E-state index in [-0.39, 0.29) is 28.8 Å². The fourth-order valence-corrected chi connectivity index (χ4v) is 7.17. The Morgan fingerprint density at radius 2 is 1.91 bits per heavy atom. The number of aromatic nitrogens is 1. The Bertz CT molecular complexity index is 1640. The van der Waals surface area contributed by atoms with Gasteiger partial charge in [0.25, 0.3) is 15.9 Å². The zero-order valence-corrected chi connectivity index (χ0v) is 26.0. The summed E-state index contributed by atoms with van der Waals surface area (Å²) in [6, 6.07) is 9.36. The van der Waals surface area contributed by atoms with Crippen LogP contribution in [0, 0.1) is 19.7 Å². The molecule has 1 fully saturated rings. The second-order valence-electron chi connectivity index (χ2n) is 11.3. The molecule has 1 amide bonds. The number of aliphatic imine (C=N–C) groups is 1. The van der Waals surface area contributed by atoms with Crippen molar-refractivity contribution in [1.29, 1.82) is 0 Å². The molecule has 1 spiro atoms. The molecule has 2 aromatic carbocycles. The molecule has 2 aliphatic rings. The summed E-state index contributed by atoms with van der Waals surface area (Å²) in [7, 11) is -4.25. The summed E-state index contributed by atoms with van der Waals surface area (Å²) in [5.74, 6) is 0.723. The van der Waals surface area contributed by atoms with Crippen LogP contribution in [0.1, 0.15) is 81.2 Å². The highest BCUT2D eigenvalue weighted by molar-refractivity contribution is 7.92. The van der Waals surface area contributed by atoms with Crippen LogP contribution in [0.25, 0.3) is 11.1 Å². The maximum atomic E-state index is 15.6. The molecule has 1 N–H and O–H groups in total. The van der Waals surface area contributed by atoms with Gasteiger partial charge in [-0.3, -0.25) is 19.4 Å². The lowest BCUT2D eigenvalue weighted by Crippen LogP contribution is -2.40. The fourth-order valence-electron chi connectivity index (χ4n) is 5.89. The van der Waals surface area contributed by atoms with E-state index in [1.54, 1.807) is 19.9 Å². The molecule has 0 unspecified atom stereocenters. The molecule has 1 aliphatic carbocycles. The third kappa shape index (κ3) is 6.10. The van der Waals surface area contributed by atoms with Crippen molar-refractivity contribution < 1.29 is 26.9 Å². The molecular formula is C32H39FN4O5S. The fraction of sp³-hybridized carbons (Fsp3) is 0.469. The van der Waals surface area contributed by atoms with Crippen LogP contribution in [-0.4, -0.2) is 42.4 Å². The molecule has 1 saturated carbocycles. The number of hydrogen-bond acceptors (Lipinski definition) is 7. The maximum absolute atomic E-state index is 15.6. The van der Waals surface area contributed by atoms with Crippen molar-refractivity contribution in [3.8, 4) is 11.1 Å². The number of carbonyl (C=O) groups excluding carboxylic acids is 1. The van der Waals surface area contributed by atoms with Crippen LogP contribution in [-0.2, 0) is 32.7 Å². The number of anilines is 1. The number of amides is 1. The van der Waals surface area contributed by atoms with E-state index in [1.807, 2.05) is 24.0 Å². The van der Waals surface area contributed by atoms with Crippen LogP contribution in [0.3, 0.4) is 0 Å². The van der Waals surface area contributed by atoms with Gasteiger partial charge in [0, 0.05) is 24.2 Å². The third-order valence-corrected chi connectivity index (χ3v) is 9.76. The van der Waals surface area contributed by atoms with Gasteiger partial charge in [0.05, 0.1) is 18.0 Å². The van der Waals surface area contributed by atoms with Gasteiger partial charge in [-0.05, 0) is 68.9 Å². The van der Waals surface area contributed by atoms with E-state index >= 15 is 4.39 Å². The van der Waals surface area contributed by atoms with Crippen LogP contribution in [0.15, 0.2) is 50.8 Å². The molecule has 1 aromatic heterocycles. The van der Waals surface area contributed by atoms with Crippen molar-refractivity contribution in [3.63, 3.8) is 0 Å². The van der Waals surface area contributed by atoms with Gasteiger partial charge in [-0.2, -0.15) is 0 Å². The minimum atomic E-state index is -4.25. The third-order valence-electron chi connectivity index (χ3n) is 8.38.